The highest BCUT2D eigenvalue weighted by Gasteiger charge is 2.32. The second-order valence-corrected chi connectivity index (χ2v) is 9.92. The van der Waals surface area contributed by atoms with Crippen LogP contribution >= 0.6 is 0 Å². The molecule has 4 amide bonds. The molecule has 11 nitrogen and oxygen atoms in total. The van der Waals surface area contributed by atoms with Gasteiger partial charge in [0, 0.05) is 45.0 Å². The van der Waals surface area contributed by atoms with Crippen molar-refractivity contribution in [2.24, 2.45) is 7.05 Å². The standard InChI is InChI=1S/C24H32N6O5/c1-24(2,3)35-23(34)30-12-10-29(11-13-30)19(32)14-25-17-7-5-6-15-20(27-28(4)21(15)17)16-8-9-18(31)26-22(16)33/h5-7,16,25H,8-14H2,1-4H3,(H,26,31,33). The molecule has 1 aromatic heterocycles. The molecule has 2 N–H and O–H groups in total. The second kappa shape index (κ2) is 9.55. The summed E-state index contributed by atoms with van der Waals surface area (Å²) in [7, 11) is 1.79. The number of nitrogens with zero attached hydrogens (tertiary/aromatic N) is 4. The summed E-state index contributed by atoms with van der Waals surface area (Å²) in [6.45, 7) is 7.29. The molecular weight excluding hydrogens is 452 g/mol. The van der Waals surface area contributed by atoms with E-state index in [1.165, 1.54) is 0 Å². The van der Waals surface area contributed by atoms with Gasteiger partial charge in [0.15, 0.2) is 0 Å². The van der Waals surface area contributed by atoms with Crippen LogP contribution in [0.25, 0.3) is 10.9 Å². The average molecular weight is 485 g/mol. The highest BCUT2D eigenvalue weighted by molar-refractivity contribution is 6.03. The Hall–Kier alpha value is -3.63. The number of benzene rings is 1. The van der Waals surface area contributed by atoms with Gasteiger partial charge in [0.05, 0.1) is 29.4 Å². The maximum absolute atomic E-state index is 12.8. The molecule has 1 aromatic carbocycles. The first-order valence-electron chi connectivity index (χ1n) is 11.8. The lowest BCUT2D eigenvalue weighted by molar-refractivity contribution is -0.134. The largest absolute Gasteiger partial charge is 0.444 e. The molecule has 2 aliphatic heterocycles. The molecule has 0 spiro atoms. The number of hydrogen-bond donors (Lipinski definition) is 2. The van der Waals surface area contributed by atoms with E-state index >= 15 is 0 Å². The number of hydrogen-bond acceptors (Lipinski definition) is 7. The Balaban J connectivity index is 1.40. The molecule has 1 atom stereocenters. The molecule has 0 aliphatic carbocycles. The maximum atomic E-state index is 12.8. The summed E-state index contributed by atoms with van der Waals surface area (Å²) in [5.74, 6) is -1.16. The van der Waals surface area contributed by atoms with Gasteiger partial charge in [0.25, 0.3) is 0 Å². The molecule has 2 aromatic rings. The molecular formula is C24H32N6O5. The van der Waals surface area contributed by atoms with Crippen molar-refractivity contribution in [2.75, 3.05) is 38.0 Å². The second-order valence-electron chi connectivity index (χ2n) is 9.92. The Morgan fingerprint density at radius 2 is 1.83 bits per heavy atom. The van der Waals surface area contributed by atoms with Gasteiger partial charge in [-0.2, -0.15) is 5.10 Å². The molecule has 0 bridgehead atoms. The molecule has 2 aliphatic rings. The number of carbonyl (C=O) groups is 4. The number of carbonyl (C=O) groups excluding carboxylic acids is 4. The summed E-state index contributed by atoms with van der Waals surface area (Å²) < 4.78 is 7.10. The number of imide groups is 1. The van der Waals surface area contributed by atoms with Gasteiger partial charge < -0.3 is 19.9 Å². The predicted octanol–water partition coefficient (Wildman–Crippen LogP) is 1.58. The monoisotopic (exact) mass is 484 g/mol. The molecule has 0 saturated carbocycles. The number of para-hydroxylation sites is 1. The number of aryl methyl sites for hydroxylation is 1. The number of anilines is 1. The van der Waals surface area contributed by atoms with Crippen LogP contribution in [0, 0.1) is 0 Å². The van der Waals surface area contributed by atoms with Crippen molar-refractivity contribution in [2.45, 2.75) is 45.1 Å². The summed E-state index contributed by atoms with van der Waals surface area (Å²) in [6, 6.07) is 5.61. The van der Waals surface area contributed by atoms with Crippen LogP contribution in [0.5, 0.6) is 0 Å². The van der Waals surface area contributed by atoms with E-state index in [-0.39, 0.29) is 36.8 Å². The Morgan fingerprint density at radius 3 is 2.49 bits per heavy atom. The SMILES string of the molecule is Cn1nc(C2CCC(=O)NC2=O)c2cccc(NCC(=O)N3CCN(C(=O)OC(C)(C)C)CC3)c21. The van der Waals surface area contributed by atoms with E-state index in [4.69, 9.17) is 4.74 Å². The van der Waals surface area contributed by atoms with Crippen LogP contribution in [-0.2, 0) is 26.2 Å². The smallest absolute Gasteiger partial charge is 0.410 e. The van der Waals surface area contributed by atoms with Crippen LogP contribution < -0.4 is 10.6 Å². The lowest BCUT2D eigenvalue weighted by atomic mass is 9.92. The average Bonchev–Trinajstić information content (AvgIpc) is 3.13. The predicted molar refractivity (Wildman–Crippen MR) is 129 cm³/mol. The molecule has 35 heavy (non-hydrogen) atoms. The third-order valence-corrected chi connectivity index (χ3v) is 6.18. The Morgan fingerprint density at radius 1 is 1.14 bits per heavy atom. The van der Waals surface area contributed by atoms with Crippen LogP contribution in [0.15, 0.2) is 18.2 Å². The summed E-state index contributed by atoms with van der Waals surface area (Å²) in [6.07, 6.45) is 0.335. The maximum Gasteiger partial charge on any atom is 0.410 e. The fraction of sp³-hybridized carbons (Fsp3) is 0.542. The number of piperidine rings is 1. The van der Waals surface area contributed by atoms with E-state index in [0.717, 1.165) is 16.6 Å². The quantitative estimate of drug-likeness (QED) is 0.631. The lowest BCUT2D eigenvalue weighted by Gasteiger charge is -2.35. The normalized spacial score (nSPS) is 19.0. The molecule has 11 heteroatoms. The number of fused-ring (bicyclic) bond motifs is 1. The number of nitrogens with one attached hydrogen (secondary N) is 2. The van der Waals surface area contributed by atoms with Crippen LogP contribution in [0.4, 0.5) is 10.5 Å². The minimum absolute atomic E-state index is 0.0709. The van der Waals surface area contributed by atoms with Crippen molar-refractivity contribution in [3.05, 3.63) is 23.9 Å². The zero-order valence-electron chi connectivity index (χ0n) is 20.6. The number of aromatic nitrogens is 2. The van der Waals surface area contributed by atoms with Crippen LogP contribution in [0.2, 0.25) is 0 Å². The number of piperazine rings is 1. The molecule has 3 heterocycles. The number of rotatable bonds is 4. The van der Waals surface area contributed by atoms with E-state index in [2.05, 4.69) is 15.7 Å². The highest BCUT2D eigenvalue weighted by Crippen LogP contribution is 2.33. The zero-order valence-corrected chi connectivity index (χ0v) is 20.6. The van der Waals surface area contributed by atoms with Crippen molar-refractivity contribution in [1.29, 1.82) is 0 Å². The van der Waals surface area contributed by atoms with Crippen LogP contribution in [0.3, 0.4) is 0 Å². The highest BCUT2D eigenvalue weighted by atomic mass is 16.6. The number of ether oxygens (including phenoxy) is 1. The first kappa shape index (κ1) is 24.5. The van der Waals surface area contributed by atoms with E-state index in [1.807, 2.05) is 39.0 Å². The van der Waals surface area contributed by atoms with Gasteiger partial charge in [-0.1, -0.05) is 12.1 Å². The molecule has 1 unspecified atom stereocenters. The van der Waals surface area contributed by atoms with Crippen molar-refractivity contribution in [3.8, 4) is 0 Å². The van der Waals surface area contributed by atoms with Crippen molar-refractivity contribution in [3.63, 3.8) is 0 Å². The summed E-state index contributed by atoms with van der Waals surface area (Å²) in [5.41, 5.74) is 1.59. The lowest BCUT2D eigenvalue weighted by Crippen LogP contribution is -2.52. The first-order chi connectivity index (χ1) is 16.5. The number of amides is 4. The van der Waals surface area contributed by atoms with Gasteiger partial charge in [-0.05, 0) is 33.3 Å². The fourth-order valence-corrected chi connectivity index (χ4v) is 4.47. The van der Waals surface area contributed by atoms with Gasteiger partial charge in [0.1, 0.15) is 5.60 Å². The van der Waals surface area contributed by atoms with Gasteiger partial charge in [0.2, 0.25) is 17.7 Å². The fourth-order valence-electron chi connectivity index (χ4n) is 4.47. The minimum Gasteiger partial charge on any atom is -0.444 e. The summed E-state index contributed by atoms with van der Waals surface area (Å²) in [4.78, 5) is 52.4. The third-order valence-electron chi connectivity index (χ3n) is 6.18. The van der Waals surface area contributed by atoms with Gasteiger partial charge in [-0.15, -0.1) is 0 Å². The molecule has 2 saturated heterocycles. The molecule has 2 fully saturated rings. The van der Waals surface area contributed by atoms with Crippen molar-refractivity contribution in [1.82, 2.24) is 24.9 Å². The zero-order chi connectivity index (χ0) is 25.3. The van der Waals surface area contributed by atoms with Gasteiger partial charge in [-0.3, -0.25) is 24.4 Å². The molecule has 188 valence electrons. The summed E-state index contributed by atoms with van der Waals surface area (Å²) >= 11 is 0. The van der Waals surface area contributed by atoms with E-state index in [0.29, 0.717) is 38.3 Å². The first-order valence-corrected chi connectivity index (χ1v) is 11.8. The molecule has 4 rings (SSSR count). The van der Waals surface area contributed by atoms with Crippen molar-refractivity contribution >= 4 is 40.4 Å². The Labute approximate surface area is 203 Å². The van der Waals surface area contributed by atoms with E-state index < -0.39 is 11.5 Å². The van der Waals surface area contributed by atoms with E-state index in [9.17, 15) is 19.2 Å². The Bertz CT molecular complexity index is 1160. The molecule has 0 radical (unpaired) electrons. The topological polar surface area (TPSA) is 126 Å². The van der Waals surface area contributed by atoms with Gasteiger partial charge >= 0.3 is 6.09 Å². The minimum atomic E-state index is -0.557. The van der Waals surface area contributed by atoms with Crippen molar-refractivity contribution < 1.29 is 23.9 Å². The Kier molecular flexibility index (Phi) is 6.68. The van der Waals surface area contributed by atoms with Gasteiger partial charge in [-0.25, -0.2) is 4.79 Å². The summed E-state index contributed by atoms with van der Waals surface area (Å²) in [5, 5.41) is 11.0. The van der Waals surface area contributed by atoms with Crippen LogP contribution in [0.1, 0.15) is 45.2 Å². The van der Waals surface area contributed by atoms with E-state index in [1.54, 1.807) is 21.5 Å². The van der Waals surface area contributed by atoms with Crippen LogP contribution in [-0.4, -0.2) is 81.7 Å². The third kappa shape index (κ3) is 5.39.